The summed E-state index contributed by atoms with van der Waals surface area (Å²) in [6, 6.07) is 10.2. The van der Waals surface area contributed by atoms with Crippen molar-refractivity contribution in [2.75, 3.05) is 11.9 Å². The Bertz CT molecular complexity index is 1370. The van der Waals surface area contributed by atoms with Crippen molar-refractivity contribution in [1.29, 1.82) is 0 Å². The molecule has 1 amide bonds. The number of hydrogen-bond donors (Lipinski definition) is 1. The molecule has 1 N–H and O–H groups in total. The predicted octanol–water partition coefficient (Wildman–Crippen LogP) is 5.26. The lowest BCUT2D eigenvalue weighted by Gasteiger charge is -2.07. The number of carbonyl (C=O) groups is 2. The number of ether oxygens (including phenoxy) is 1. The molecule has 0 spiro atoms. The number of rotatable bonds is 5. The van der Waals surface area contributed by atoms with Gasteiger partial charge in [-0.2, -0.15) is 5.10 Å². The van der Waals surface area contributed by atoms with E-state index in [9.17, 15) is 22.8 Å². The van der Waals surface area contributed by atoms with Crippen LogP contribution >= 0.6 is 22.9 Å². The number of benzene rings is 2. The van der Waals surface area contributed by atoms with Crippen molar-refractivity contribution in [2.24, 2.45) is 0 Å². The second-order valence-electron chi connectivity index (χ2n) is 6.63. The van der Waals surface area contributed by atoms with Crippen LogP contribution in [0.3, 0.4) is 0 Å². The zero-order valence-corrected chi connectivity index (χ0v) is 17.9. The molecular weight excluding hydrogens is 467 g/mol. The van der Waals surface area contributed by atoms with E-state index < -0.39 is 41.6 Å². The van der Waals surface area contributed by atoms with E-state index in [1.54, 1.807) is 41.9 Å². The zero-order valence-electron chi connectivity index (χ0n) is 16.3. The third-order valence-corrected chi connectivity index (χ3v) is 5.88. The maximum absolute atomic E-state index is 13.7. The third kappa shape index (κ3) is 4.06. The second-order valence-corrected chi connectivity index (χ2v) is 8.06. The molecule has 0 aliphatic rings. The fourth-order valence-corrected chi connectivity index (χ4v) is 4.23. The van der Waals surface area contributed by atoms with Gasteiger partial charge in [0.05, 0.1) is 22.1 Å². The van der Waals surface area contributed by atoms with Gasteiger partial charge in [0.15, 0.2) is 24.1 Å². The van der Waals surface area contributed by atoms with Crippen LogP contribution in [0.5, 0.6) is 0 Å². The molecule has 164 valence electrons. The number of para-hydroxylation sites is 1. The number of carbonyl (C=O) groups excluding carboxylic acids is 2. The van der Waals surface area contributed by atoms with Gasteiger partial charge in [-0.25, -0.2) is 22.6 Å². The van der Waals surface area contributed by atoms with Crippen LogP contribution in [-0.2, 0) is 9.53 Å². The van der Waals surface area contributed by atoms with Gasteiger partial charge < -0.3 is 10.1 Å². The molecule has 2 aromatic carbocycles. The van der Waals surface area contributed by atoms with E-state index >= 15 is 0 Å². The Morgan fingerprint density at radius 3 is 2.66 bits per heavy atom. The summed E-state index contributed by atoms with van der Waals surface area (Å²) in [6.45, 7) is 1.03. The summed E-state index contributed by atoms with van der Waals surface area (Å²) in [5.74, 6) is -6.34. The first-order chi connectivity index (χ1) is 15.3. The van der Waals surface area contributed by atoms with Gasteiger partial charge in [0.2, 0.25) is 0 Å². The van der Waals surface area contributed by atoms with E-state index in [-0.39, 0.29) is 4.88 Å². The number of anilines is 1. The number of aromatic nitrogens is 2. The number of halogens is 4. The molecule has 2 heterocycles. The monoisotopic (exact) mass is 479 g/mol. The Kier molecular flexibility index (Phi) is 5.90. The van der Waals surface area contributed by atoms with E-state index in [1.807, 2.05) is 5.32 Å². The number of thiophene rings is 1. The van der Waals surface area contributed by atoms with Crippen LogP contribution in [0, 0.1) is 24.4 Å². The molecule has 4 aromatic rings. The molecule has 6 nitrogen and oxygen atoms in total. The first-order valence-electron chi connectivity index (χ1n) is 9.10. The number of nitrogens with one attached hydrogen (secondary N) is 1. The molecule has 0 saturated heterocycles. The van der Waals surface area contributed by atoms with Crippen molar-refractivity contribution in [1.82, 2.24) is 9.78 Å². The normalized spacial score (nSPS) is 11.0. The van der Waals surface area contributed by atoms with Gasteiger partial charge in [0.25, 0.3) is 5.91 Å². The fraction of sp³-hybridized carbons (Fsp3) is 0.0952. The van der Waals surface area contributed by atoms with Gasteiger partial charge in [0.1, 0.15) is 9.71 Å². The molecular formula is C21H13ClF3N3O3S. The van der Waals surface area contributed by atoms with E-state index in [0.29, 0.717) is 27.3 Å². The summed E-state index contributed by atoms with van der Waals surface area (Å²) in [6.07, 6.45) is 0. The van der Waals surface area contributed by atoms with Crippen LogP contribution < -0.4 is 5.32 Å². The largest absolute Gasteiger partial charge is 0.451 e. The van der Waals surface area contributed by atoms with Gasteiger partial charge in [-0.15, -0.1) is 11.3 Å². The summed E-state index contributed by atoms with van der Waals surface area (Å²) in [7, 11) is 0. The average Bonchev–Trinajstić information content (AvgIpc) is 3.34. The quantitative estimate of drug-likeness (QED) is 0.313. The third-order valence-electron chi connectivity index (χ3n) is 4.47. The lowest BCUT2D eigenvalue weighted by atomic mass is 10.3. The van der Waals surface area contributed by atoms with E-state index in [2.05, 4.69) is 5.10 Å². The SMILES string of the molecule is Cc1nn(-c2ccccc2Cl)c2sc(C(=O)OCC(=O)Nc3ccc(F)c(F)c3F)cc12. The van der Waals surface area contributed by atoms with Gasteiger partial charge in [-0.05, 0) is 37.3 Å². The molecule has 0 aliphatic carbocycles. The van der Waals surface area contributed by atoms with E-state index in [1.165, 1.54) is 0 Å². The minimum atomic E-state index is -1.71. The van der Waals surface area contributed by atoms with Crippen LogP contribution in [0.4, 0.5) is 18.9 Å². The second kappa shape index (κ2) is 8.64. The van der Waals surface area contributed by atoms with Crippen LogP contribution in [0.15, 0.2) is 42.5 Å². The Morgan fingerprint density at radius 1 is 1.16 bits per heavy atom. The summed E-state index contributed by atoms with van der Waals surface area (Å²) >= 11 is 7.36. The van der Waals surface area contributed by atoms with Crippen molar-refractivity contribution < 1.29 is 27.5 Å². The number of fused-ring (bicyclic) bond motifs is 1. The lowest BCUT2D eigenvalue weighted by molar-refractivity contribution is -0.119. The highest BCUT2D eigenvalue weighted by molar-refractivity contribution is 7.20. The Labute approximate surface area is 188 Å². The van der Waals surface area contributed by atoms with Crippen molar-refractivity contribution in [2.45, 2.75) is 6.92 Å². The van der Waals surface area contributed by atoms with Gasteiger partial charge >= 0.3 is 5.97 Å². The van der Waals surface area contributed by atoms with Crippen LogP contribution in [0.2, 0.25) is 5.02 Å². The smallest absolute Gasteiger partial charge is 0.348 e. The Balaban J connectivity index is 1.49. The first-order valence-corrected chi connectivity index (χ1v) is 10.3. The minimum Gasteiger partial charge on any atom is -0.451 e. The summed E-state index contributed by atoms with van der Waals surface area (Å²) < 4.78 is 46.5. The number of nitrogens with zero attached hydrogens (tertiary/aromatic N) is 2. The first kappa shape index (κ1) is 21.8. The molecule has 2 aromatic heterocycles. The van der Waals surface area contributed by atoms with Crippen molar-refractivity contribution in [3.8, 4) is 5.69 Å². The fourth-order valence-electron chi connectivity index (χ4n) is 2.95. The molecule has 0 radical (unpaired) electrons. The molecule has 0 aliphatic heterocycles. The number of hydrogen-bond acceptors (Lipinski definition) is 5. The average molecular weight is 480 g/mol. The highest BCUT2D eigenvalue weighted by Crippen LogP contribution is 2.32. The van der Waals surface area contributed by atoms with E-state index in [0.717, 1.165) is 22.8 Å². The predicted molar refractivity (Wildman–Crippen MR) is 114 cm³/mol. The lowest BCUT2D eigenvalue weighted by Crippen LogP contribution is -2.21. The molecule has 0 unspecified atom stereocenters. The highest BCUT2D eigenvalue weighted by atomic mass is 35.5. The minimum absolute atomic E-state index is 0.216. The summed E-state index contributed by atoms with van der Waals surface area (Å²) in [5.41, 5.74) is 0.742. The highest BCUT2D eigenvalue weighted by Gasteiger charge is 2.20. The molecule has 0 atom stereocenters. The summed E-state index contributed by atoms with van der Waals surface area (Å²) in [5, 5.41) is 7.69. The van der Waals surface area contributed by atoms with Gasteiger partial charge in [0, 0.05) is 5.39 Å². The maximum atomic E-state index is 13.7. The topological polar surface area (TPSA) is 73.2 Å². The summed E-state index contributed by atoms with van der Waals surface area (Å²) in [4.78, 5) is 25.3. The van der Waals surface area contributed by atoms with Crippen molar-refractivity contribution in [3.05, 3.63) is 75.5 Å². The standard InChI is InChI=1S/C21H13ClF3N3O3S/c1-10-11-8-16(32-20(11)28(27-10)15-5-3-2-4-12(15)22)21(30)31-9-17(29)26-14-7-6-13(23)18(24)19(14)25/h2-8H,9H2,1H3,(H,26,29). The van der Waals surface area contributed by atoms with Gasteiger partial charge in [-0.1, -0.05) is 23.7 Å². The Morgan fingerprint density at radius 2 is 1.91 bits per heavy atom. The Hall–Kier alpha value is -3.37. The van der Waals surface area contributed by atoms with Gasteiger partial charge in [-0.3, -0.25) is 4.79 Å². The van der Waals surface area contributed by atoms with Crippen LogP contribution in [-0.4, -0.2) is 28.3 Å². The number of aryl methyl sites for hydroxylation is 1. The molecule has 0 fully saturated rings. The van der Waals surface area contributed by atoms with Crippen LogP contribution in [0.1, 0.15) is 15.4 Å². The number of amides is 1. The van der Waals surface area contributed by atoms with Crippen molar-refractivity contribution >= 4 is 50.7 Å². The van der Waals surface area contributed by atoms with Crippen LogP contribution in [0.25, 0.3) is 15.9 Å². The molecule has 32 heavy (non-hydrogen) atoms. The molecule has 0 saturated carbocycles. The maximum Gasteiger partial charge on any atom is 0.348 e. The van der Waals surface area contributed by atoms with E-state index in [4.69, 9.17) is 16.3 Å². The molecule has 11 heteroatoms. The van der Waals surface area contributed by atoms with Crippen molar-refractivity contribution in [3.63, 3.8) is 0 Å². The number of esters is 1. The zero-order chi connectivity index (χ0) is 23.0. The molecule has 0 bridgehead atoms. The molecule has 4 rings (SSSR count).